The molecule has 0 aliphatic heterocycles. The van der Waals surface area contributed by atoms with Crippen molar-refractivity contribution in [2.75, 3.05) is 14.2 Å². The van der Waals surface area contributed by atoms with Gasteiger partial charge in [0.15, 0.2) is 6.29 Å². The molecule has 15 heavy (non-hydrogen) atoms. The highest BCUT2D eigenvalue weighted by atomic mass is 35.5. The average molecular weight is 229 g/mol. The second-order valence-corrected chi connectivity index (χ2v) is 3.81. The van der Waals surface area contributed by atoms with Crippen LogP contribution >= 0.6 is 11.6 Å². The zero-order valence-corrected chi connectivity index (χ0v) is 10.2. The molecule has 0 bridgehead atoms. The number of rotatable bonds is 5. The minimum Gasteiger partial charge on any atom is -0.356 e. The fraction of sp³-hybridized carbons (Fsp3) is 0.500. The van der Waals surface area contributed by atoms with Gasteiger partial charge in [-0.25, -0.2) is 0 Å². The van der Waals surface area contributed by atoms with Gasteiger partial charge < -0.3 is 9.47 Å². The first-order valence-electron chi connectivity index (χ1n) is 5.04. The zero-order chi connectivity index (χ0) is 11.3. The molecule has 0 fully saturated rings. The smallest absolute Gasteiger partial charge is 0.160 e. The third-order valence-electron chi connectivity index (χ3n) is 2.46. The van der Waals surface area contributed by atoms with Crippen molar-refractivity contribution in [2.24, 2.45) is 0 Å². The van der Waals surface area contributed by atoms with E-state index in [1.54, 1.807) is 14.2 Å². The number of aryl methyl sites for hydroxylation is 1. The molecule has 84 valence electrons. The van der Waals surface area contributed by atoms with Gasteiger partial charge in [-0.05, 0) is 29.7 Å². The molecule has 0 unspecified atom stereocenters. The normalized spacial score (nSPS) is 11.0. The Balaban J connectivity index is 2.86. The van der Waals surface area contributed by atoms with E-state index in [1.165, 1.54) is 11.1 Å². The molecule has 0 aromatic heterocycles. The zero-order valence-electron chi connectivity index (χ0n) is 9.42. The van der Waals surface area contributed by atoms with Crippen molar-refractivity contribution < 1.29 is 9.47 Å². The molecule has 0 atom stereocenters. The van der Waals surface area contributed by atoms with Crippen molar-refractivity contribution in [3.63, 3.8) is 0 Å². The van der Waals surface area contributed by atoms with Gasteiger partial charge in [-0.2, -0.15) is 0 Å². The summed E-state index contributed by atoms with van der Waals surface area (Å²) in [6.45, 7) is 2.13. The summed E-state index contributed by atoms with van der Waals surface area (Å²) in [4.78, 5) is 0. The van der Waals surface area contributed by atoms with Crippen LogP contribution < -0.4 is 0 Å². The van der Waals surface area contributed by atoms with Crippen LogP contribution in [0.3, 0.4) is 0 Å². The molecule has 0 radical (unpaired) electrons. The lowest BCUT2D eigenvalue weighted by atomic mass is 10.0. The van der Waals surface area contributed by atoms with Gasteiger partial charge in [-0.3, -0.25) is 0 Å². The first-order valence-corrected chi connectivity index (χ1v) is 5.42. The lowest BCUT2D eigenvalue weighted by molar-refractivity contribution is -0.100. The first-order chi connectivity index (χ1) is 7.21. The topological polar surface area (TPSA) is 18.5 Å². The van der Waals surface area contributed by atoms with E-state index < -0.39 is 0 Å². The van der Waals surface area contributed by atoms with Crippen molar-refractivity contribution in [3.8, 4) is 0 Å². The van der Waals surface area contributed by atoms with Gasteiger partial charge in [0.25, 0.3) is 0 Å². The highest BCUT2D eigenvalue weighted by molar-refractivity contribution is 6.30. The van der Waals surface area contributed by atoms with E-state index in [-0.39, 0.29) is 6.29 Å². The van der Waals surface area contributed by atoms with Crippen molar-refractivity contribution in [1.29, 1.82) is 0 Å². The highest BCUT2D eigenvalue weighted by Crippen LogP contribution is 2.19. The quantitative estimate of drug-likeness (QED) is 0.722. The summed E-state index contributed by atoms with van der Waals surface area (Å²) in [6, 6.07) is 5.95. The Bertz CT molecular complexity index is 308. The second-order valence-electron chi connectivity index (χ2n) is 3.37. The van der Waals surface area contributed by atoms with Crippen molar-refractivity contribution in [3.05, 3.63) is 34.3 Å². The monoisotopic (exact) mass is 228 g/mol. The predicted molar refractivity (Wildman–Crippen MR) is 62.3 cm³/mol. The molecule has 0 amide bonds. The van der Waals surface area contributed by atoms with E-state index in [0.717, 1.165) is 17.9 Å². The molecule has 0 aliphatic carbocycles. The van der Waals surface area contributed by atoms with Gasteiger partial charge in [0.1, 0.15) is 0 Å². The molecule has 1 rings (SSSR count). The lowest BCUT2D eigenvalue weighted by Crippen LogP contribution is -2.17. The highest BCUT2D eigenvalue weighted by Gasteiger charge is 2.10. The fourth-order valence-electron chi connectivity index (χ4n) is 1.57. The van der Waals surface area contributed by atoms with Crippen molar-refractivity contribution >= 4 is 11.6 Å². The summed E-state index contributed by atoms with van der Waals surface area (Å²) in [7, 11) is 3.29. The number of hydrogen-bond donors (Lipinski definition) is 0. The fourth-order valence-corrected chi connectivity index (χ4v) is 1.77. The van der Waals surface area contributed by atoms with Crippen LogP contribution in [0.2, 0.25) is 5.02 Å². The molecule has 2 nitrogen and oxygen atoms in total. The Morgan fingerprint density at radius 1 is 1.20 bits per heavy atom. The molecular formula is C12H17ClO2. The van der Waals surface area contributed by atoms with Gasteiger partial charge >= 0.3 is 0 Å². The van der Waals surface area contributed by atoms with E-state index in [2.05, 4.69) is 13.0 Å². The molecule has 0 heterocycles. The Kier molecular flexibility index (Phi) is 5.09. The standard InChI is InChI=1S/C12H17ClO2/c1-4-9-5-6-11(13)7-10(9)8-12(14-2)15-3/h5-7,12H,4,8H2,1-3H3. The Morgan fingerprint density at radius 3 is 2.40 bits per heavy atom. The van der Waals surface area contributed by atoms with Crippen LogP contribution in [-0.4, -0.2) is 20.5 Å². The van der Waals surface area contributed by atoms with Crippen molar-refractivity contribution in [1.82, 2.24) is 0 Å². The Morgan fingerprint density at radius 2 is 1.87 bits per heavy atom. The number of benzene rings is 1. The maximum atomic E-state index is 5.96. The third kappa shape index (κ3) is 3.49. The first kappa shape index (κ1) is 12.5. The van der Waals surface area contributed by atoms with Crippen LogP contribution in [0.25, 0.3) is 0 Å². The molecule has 0 N–H and O–H groups in total. The number of ether oxygens (including phenoxy) is 2. The molecule has 0 aliphatic rings. The van der Waals surface area contributed by atoms with Gasteiger partial charge in [0.2, 0.25) is 0 Å². The minimum absolute atomic E-state index is 0.200. The molecular weight excluding hydrogens is 212 g/mol. The Hall–Kier alpha value is -0.570. The van der Waals surface area contributed by atoms with Crippen molar-refractivity contribution in [2.45, 2.75) is 26.1 Å². The van der Waals surface area contributed by atoms with Crippen LogP contribution in [-0.2, 0) is 22.3 Å². The number of methoxy groups -OCH3 is 2. The Labute approximate surface area is 96.2 Å². The maximum absolute atomic E-state index is 5.96. The van der Waals surface area contributed by atoms with E-state index in [9.17, 15) is 0 Å². The van der Waals surface area contributed by atoms with E-state index in [0.29, 0.717) is 0 Å². The van der Waals surface area contributed by atoms with Crippen LogP contribution in [0, 0.1) is 0 Å². The van der Waals surface area contributed by atoms with Gasteiger partial charge in [-0.1, -0.05) is 24.6 Å². The van der Waals surface area contributed by atoms with Gasteiger partial charge in [-0.15, -0.1) is 0 Å². The van der Waals surface area contributed by atoms with E-state index in [1.807, 2.05) is 12.1 Å². The predicted octanol–water partition coefficient (Wildman–Crippen LogP) is 3.06. The lowest BCUT2D eigenvalue weighted by Gasteiger charge is -2.15. The second kappa shape index (κ2) is 6.11. The van der Waals surface area contributed by atoms with E-state index in [4.69, 9.17) is 21.1 Å². The summed E-state index contributed by atoms with van der Waals surface area (Å²) in [6.07, 6.45) is 1.53. The van der Waals surface area contributed by atoms with Crippen LogP contribution in [0.4, 0.5) is 0 Å². The number of halogens is 1. The summed E-state index contributed by atoms with van der Waals surface area (Å²) in [5.41, 5.74) is 2.48. The molecule has 0 spiro atoms. The summed E-state index contributed by atoms with van der Waals surface area (Å²) >= 11 is 5.96. The molecule has 1 aromatic carbocycles. The SMILES string of the molecule is CCc1ccc(Cl)cc1CC(OC)OC. The molecule has 0 saturated carbocycles. The third-order valence-corrected chi connectivity index (χ3v) is 2.70. The van der Waals surface area contributed by atoms with Crippen LogP contribution in [0.5, 0.6) is 0 Å². The molecule has 0 saturated heterocycles. The van der Waals surface area contributed by atoms with Crippen LogP contribution in [0.1, 0.15) is 18.1 Å². The summed E-state index contributed by atoms with van der Waals surface area (Å²) < 4.78 is 10.4. The summed E-state index contributed by atoms with van der Waals surface area (Å²) in [5.74, 6) is 0. The maximum Gasteiger partial charge on any atom is 0.160 e. The average Bonchev–Trinajstić information content (AvgIpc) is 2.26. The molecule has 3 heteroatoms. The summed E-state index contributed by atoms with van der Waals surface area (Å²) in [5, 5.41) is 0.758. The van der Waals surface area contributed by atoms with Gasteiger partial charge in [0.05, 0.1) is 0 Å². The largest absolute Gasteiger partial charge is 0.356 e. The number of hydrogen-bond acceptors (Lipinski definition) is 2. The minimum atomic E-state index is -0.200. The molecule has 1 aromatic rings. The van der Waals surface area contributed by atoms with E-state index >= 15 is 0 Å². The van der Waals surface area contributed by atoms with Crippen LogP contribution in [0.15, 0.2) is 18.2 Å². The van der Waals surface area contributed by atoms with Gasteiger partial charge in [0, 0.05) is 25.7 Å².